The van der Waals surface area contributed by atoms with Gasteiger partial charge in [0, 0.05) is 37.1 Å². The van der Waals surface area contributed by atoms with E-state index in [1.165, 1.54) is 0 Å². The number of carbonyl (C=O) groups excluding carboxylic acids is 1. The zero-order chi connectivity index (χ0) is 21.9. The van der Waals surface area contributed by atoms with Gasteiger partial charge in [0.2, 0.25) is 0 Å². The van der Waals surface area contributed by atoms with Crippen LogP contribution in [0.3, 0.4) is 0 Å². The Hall–Kier alpha value is -2.98. The predicted molar refractivity (Wildman–Crippen MR) is 121 cm³/mol. The number of anilines is 1. The van der Waals surface area contributed by atoms with Crippen molar-refractivity contribution in [2.75, 3.05) is 18.5 Å². The molecule has 8 nitrogen and oxygen atoms in total. The zero-order valence-corrected chi connectivity index (χ0v) is 18.8. The summed E-state index contributed by atoms with van der Waals surface area (Å²) in [6.45, 7) is 2.49. The van der Waals surface area contributed by atoms with Crippen molar-refractivity contribution in [2.45, 2.75) is 30.5 Å². The van der Waals surface area contributed by atoms with Gasteiger partial charge in [-0.15, -0.1) is 11.3 Å². The lowest BCUT2D eigenvalue weighted by molar-refractivity contribution is 0.0816. The molecule has 2 N–H and O–H groups in total. The summed E-state index contributed by atoms with van der Waals surface area (Å²) in [7, 11) is -1.72. The number of carbonyl (C=O) groups is 1. The molecule has 10 heteroatoms. The van der Waals surface area contributed by atoms with Crippen LogP contribution in [0.5, 0.6) is 0 Å². The Morgan fingerprint density at radius 1 is 1.29 bits per heavy atom. The third-order valence-corrected chi connectivity index (χ3v) is 9.19. The summed E-state index contributed by atoms with van der Waals surface area (Å²) in [5.41, 5.74) is 10.6. The predicted octanol–water partition coefficient (Wildman–Crippen LogP) is 3.35. The van der Waals surface area contributed by atoms with E-state index in [-0.39, 0.29) is 21.6 Å². The molecule has 0 fully saturated rings. The molecule has 1 aromatic carbocycles. The van der Waals surface area contributed by atoms with Crippen molar-refractivity contribution in [3.8, 4) is 11.3 Å². The molecule has 0 spiro atoms. The van der Waals surface area contributed by atoms with Crippen molar-refractivity contribution in [2.24, 2.45) is 0 Å². The van der Waals surface area contributed by atoms with Gasteiger partial charge in [-0.3, -0.25) is 9.20 Å². The van der Waals surface area contributed by atoms with Gasteiger partial charge in [0.15, 0.2) is 15.5 Å². The first-order valence-corrected chi connectivity index (χ1v) is 12.4. The van der Waals surface area contributed by atoms with E-state index >= 15 is 0 Å². The first-order chi connectivity index (χ1) is 14.8. The Balaban J connectivity index is 1.72. The highest BCUT2D eigenvalue weighted by atomic mass is 32.2. The van der Waals surface area contributed by atoms with Gasteiger partial charge in [-0.25, -0.2) is 18.4 Å². The summed E-state index contributed by atoms with van der Waals surface area (Å²) >= 11 is 1.14. The largest absolute Gasteiger partial charge is 0.395 e. The number of unbranched alkanes of at least 4 members (excludes halogenated alkanes) is 1. The Bertz CT molecular complexity index is 1470. The average molecular weight is 456 g/mol. The van der Waals surface area contributed by atoms with Crippen LogP contribution in [0.1, 0.15) is 35.7 Å². The van der Waals surface area contributed by atoms with E-state index in [2.05, 4.69) is 4.98 Å². The highest BCUT2D eigenvalue weighted by molar-refractivity contribution is 7.93. The minimum absolute atomic E-state index is 0.0000685. The van der Waals surface area contributed by atoms with E-state index in [0.717, 1.165) is 28.9 Å². The van der Waals surface area contributed by atoms with Gasteiger partial charge in [-0.05, 0) is 24.1 Å². The number of hydrogen-bond donors (Lipinski definition) is 1. The number of thiophene rings is 1. The fraction of sp³-hybridized carbons (Fsp3) is 0.286. The molecule has 3 aromatic heterocycles. The number of nitrogens with two attached hydrogens (primary N) is 1. The van der Waals surface area contributed by atoms with E-state index in [9.17, 15) is 13.2 Å². The average Bonchev–Trinajstić information content (AvgIpc) is 3.43. The lowest BCUT2D eigenvalue weighted by Crippen LogP contribution is -2.17. The summed E-state index contributed by atoms with van der Waals surface area (Å²) < 4.78 is 27.7. The number of benzene rings is 1. The smallest absolute Gasteiger partial charge is 0.254 e. The summed E-state index contributed by atoms with van der Waals surface area (Å²) in [5, 5.41) is 0. The van der Waals surface area contributed by atoms with Gasteiger partial charge in [-0.1, -0.05) is 19.4 Å². The van der Waals surface area contributed by atoms with E-state index in [1.54, 1.807) is 30.4 Å². The molecule has 0 unspecified atom stereocenters. The number of sulfone groups is 1. The van der Waals surface area contributed by atoms with Crippen LogP contribution in [0.25, 0.3) is 27.3 Å². The second-order valence-electron chi connectivity index (χ2n) is 7.74. The maximum absolute atomic E-state index is 12.8. The standard InChI is InChI=1S/C21H21N5O3S2/c1-3-4-9-31(28,29)21-15(22)17-20(30-21)26-8-7-23-18(26)16(24-17)12-5-6-14-13(10-12)11-25(2)19(14)27/h5-8,10H,3-4,9,11,22H2,1-2H3. The molecule has 160 valence electrons. The highest BCUT2D eigenvalue weighted by Crippen LogP contribution is 2.39. The van der Waals surface area contributed by atoms with Crippen molar-refractivity contribution in [1.82, 2.24) is 19.3 Å². The summed E-state index contributed by atoms with van der Waals surface area (Å²) in [4.78, 5) is 23.8. The molecule has 0 saturated carbocycles. The van der Waals surface area contributed by atoms with Gasteiger partial charge in [0.1, 0.15) is 20.3 Å². The fourth-order valence-corrected chi connectivity index (χ4v) is 7.10. The zero-order valence-electron chi connectivity index (χ0n) is 17.1. The van der Waals surface area contributed by atoms with Gasteiger partial charge in [0.25, 0.3) is 5.91 Å². The lowest BCUT2D eigenvalue weighted by Gasteiger charge is -2.07. The third kappa shape index (κ3) is 3.01. The van der Waals surface area contributed by atoms with Crippen LogP contribution in [-0.2, 0) is 16.4 Å². The maximum Gasteiger partial charge on any atom is 0.254 e. The van der Waals surface area contributed by atoms with Crippen molar-refractivity contribution >= 4 is 48.8 Å². The second kappa shape index (κ2) is 7.03. The van der Waals surface area contributed by atoms with Crippen LogP contribution in [0.2, 0.25) is 0 Å². The number of nitrogen functional groups attached to an aromatic ring is 1. The molecule has 1 amide bonds. The number of rotatable bonds is 5. The molecule has 5 rings (SSSR count). The third-order valence-electron chi connectivity index (χ3n) is 5.57. The molecule has 0 radical (unpaired) electrons. The highest BCUT2D eigenvalue weighted by Gasteiger charge is 2.27. The van der Waals surface area contributed by atoms with E-state index in [0.29, 0.717) is 40.2 Å². The first kappa shape index (κ1) is 20.0. The topological polar surface area (TPSA) is 111 Å². The van der Waals surface area contributed by atoms with Gasteiger partial charge in [0.05, 0.1) is 11.4 Å². The van der Waals surface area contributed by atoms with Crippen molar-refractivity contribution < 1.29 is 13.2 Å². The Morgan fingerprint density at radius 2 is 2.10 bits per heavy atom. The number of imidazole rings is 1. The van der Waals surface area contributed by atoms with Crippen LogP contribution in [-0.4, -0.2) is 46.4 Å². The van der Waals surface area contributed by atoms with Gasteiger partial charge in [-0.2, -0.15) is 0 Å². The van der Waals surface area contributed by atoms with Crippen LogP contribution in [0.15, 0.2) is 34.8 Å². The van der Waals surface area contributed by atoms with E-state index < -0.39 is 9.84 Å². The van der Waals surface area contributed by atoms with Crippen molar-refractivity contribution in [3.63, 3.8) is 0 Å². The monoisotopic (exact) mass is 455 g/mol. The molecule has 4 heterocycles. The van der Waals surface area contributed by atoms with Crippen LogP contribution < -0.4 is 5.73 Å². The Morgan fingerprint density at radius 3 is 2.87 bits per heavy atom. The Kier molecular flexibility index (Phi) is 4.52. The van der Waals surface area contributed by atoms with Crippen molar-refractivity contribution in [1.29, 1.82) is 0 Å². The lowest BCUT2D eigenvalue weighted by atomic mass is 10.0. The fourth-order valence-electron chi connectivity index (χ4n) is 3.94. The maximum atomic E-state index is 12.8. The molecule has 0 bridgehead atoms. The number of amides is 1. The summed E-state index contributed by atoms with van der Waals surface area (Å²) in [6.07, 6.45) is 4.81. The van der Waals surface area contributed by atoms with Gasteiger partial charge < -0.3 is 10.6 Å². The molecule has 4 aromatic rings. The van der Waals surface area contributed by atoms with Gasteiger partial charge >= 0.3 is 0 Å². The van der Waals surface area contributed by atoms with E-state index in [4.69, 9.17) is 10.7 Å². The second-order valence-corrected chi connectivity index (χ2v) is 11.0. The quantitative estimate of drug-likeness (QED) is 0.494. The normalized spacial score (nSPS) is 14.1. The van der Waals surface area contributed by atoms with Crippen LogP contribution in [0, 0.1) is 0 Å². The number of hydrogen-bond acceptors (Lipinski definition) is 7. The number of aromatic nitrogens is 3. The SMILES string of the molecule is CCCCS(=O)(=O)c1sc2c(nc(-c3ccc4c(c3)CN(C)C4=O)c3nccn32)c1N. The number of nitrogens with zero attached hydrogens (tertiary/aromatic N) is 4. The molecule has 1 aliphatic rings. The molecular formula is C21H21N5O3S2. The summed E-state index contributed by atoms with van der Waals surface area (Å²) in [6, 6.07) is 5.60. The molecular weight excluding hydrogens is 434 g/mol. The minimum Gasteiger partial charge on any atom is -0.395 e. The molecule has 0 atom stereocenters. The molecule has 0 saturated heterocycles. The molecule has 0 aliphatic carbocycles. The Labute approximate surface area is 183 Å². The minimum atomic E-state index is -3.49. The van der Waals surface area contributed by atoms with E-state index in [1.807, 2.05) is 23.5 Å². The molecule has 1 aliphatic heterocycles. The van der Waals surface area contributed by atoms with Crippen LogP contribution in [0.4, 0.5) is 5.69 Å². The molecule has 31 heavy (non-hydrogen) atoms. The van der Waals surface area contributed by atoms with Crippen LogP contribution >= 0.6 is 11.3 Å². The first-order valence-electron chi connectivity index (χ1n) is 9.98. The summed E-state index contributed by atoms with van der Waals surface area (Å²) in [5.74, 6) is 0.0623. The van der Waals surface area contributed by atoms with Crippen molar-refractivity contribution in [3.05, 3.63) is 41.7 Å². The number of fused-ring (bicyclic) bond motifs is 4.